The Morgan fingerprint density at radius 1 is 0.919 bits per heavy atom. The molecule has 8 heteroatoms. The van der Waals surface area contributed by atoms with Gasteiger partial charge in [0, 0.05) is 43.0 Å². The first kappa shape index (κ1) is 24.9. The number of halogens is 1. The summed E-state index contributed by atoms with van der Waals surface area (Å²) in [6.45, 7) is 5.65. The summed E-state index contributed by atoms with van der Waals surface area (Å²) in [6.07, 6.45) is 0.924. The second kappa shape index (κ2) is 12.0. The summed E-state index contributed by atoms with van der Waals surface area (Å²) in [5.74, 6) is 1.36. The largest absolute Gasteiger partial charge is 0.497 e. The lowest BCUT2D eigenvalue weighted by molar-refractivity contribution is 0.252. The third kappa shape index (κ3) is 6.15. The Morgan fingerprint density at radius 3 is 2.38 bits per heavy atom. The molecule has 0 bridgehead atoms. The first-order chi connectivity index (χ1) is 18.2. The van der Waals surface area contributed by atoms with Crippen LogP contribution in [0.15, 0.2) is 83.3 Å². The van der Waals surface area contributed by atoms with E-state index in [-0.39, 0.29) is 5.82 Å². The molecule has 192 valence electrons. The van der Waals surface area contributed by atoms with Gasteiger partial charge in [0.05, 0.1) is 7.11 Å². The number of rotatable bonds is 10. The van der Waals surface area contributed by atoms with Gasteiger partial charge in [-0.2, -0.15) is 0 Å². The zero-order valence-corrected chi connectivity index (χ0v) is 21.0. The maximum atomic E-state index is 14.7. The Balaban J connectivity index is 1.16. The van der Waals surface area contributed by atoms with E-state index in [1.165, 1.54) is 11.8 Å². The molecule has 1 saturated heterocycles. The Hall–Kier alpha value is -3.75. The molecule has 0 amide bonds. The molecule has 4 aromatic rings. The van der Waals surface area contributed by atoms with Crippen molar-refractivity contribution in [3.05, 3.63) is 96.1 Å². The number of anilines is 1. The van der Waals surface area contributed by atoms with Crippen LogP contribution < -0.4 is 15.0 Å². The molecular weight excluding hydrogens is 469 g/mol. The first-order valence-electron chi connectivity index (χ1n) is 12.7. The van der Waals surface area contributed by atoms with Gasteiger partial charge in [-0.25, -0.2) is 4.39 Å². The van der Waals surface area contributed by atoms with E-state index in [4.69, 9.17) is 9.15 Å². The Kier molecular flexibility index (Phi) is 8.08. The summed E-state index contributed by atoms with van der Waals surface area (Å²) in [6, 6.07) is 24.1. The fourth-order valence-corrected chi connectivity index (χ4v) is 4.66. The molecule has 1 fully saturated rings. The lowest BCUT2D eigenvalue weighted by Crippen LogP contribution is -2.47. The van der Waals surface area contributed by atoms with Gasteiger partial charge >= 0.3 is 0 Å². The summed E-state index contributed by atoms with van der Waals surface area (Å²) in [5.41, 5.74) is 2.56. The molecule has 0 aliphatic carbocycles. The molecule has 1 N–H and O–H groups in total. The number of nitrogens with one attached hydrogen (secondary N) is 1. The van der Waals surface area contributed by atoms with E-state index >= 15 is 0 Å². The van der Waals surface area contributed by atoms with Crippen LogP contribution in [0.3, 0.4) is 0 Å². The minimum absolute atomic E-state index is 0.297. The maximum absolute atomic E-state index is 14.7. The third-order valence-corrected chi connectivity index (χ3v) is 6.73. The summed E-state index contributed by atoms with van der Waals surface area (Å²) in [5, 5.41) is 11.9. The summed E-state index contributed by atoms with van der Waals surface area (Å²) < 4.78 is 26.0. The third-order valence-electron chi connectivity index (χ3n) is 6.73. The predicted octanol–water partition coefficient (Wildman–Crippen LogP) is 4.78. The molecule has 3 aromatic carbocycles. The van der Waals surface area contributed by atoms with Crippen LogP contribution in [-0.4, -0.2) is 61.5 Å². The number of ether oxygens (including phenoxy) is 1. The van der Waals surface area contributed by atoms with E-state index in [9.17, 15) is 4.39 Å². The molecule has 0 radical (unpaired) electrons. The zero-order chi connectivity index (χ0) is 25.5. The van der Waals surface area contributed by atoms with Gasteiger partial charge in [-0.1, -0.05) is 36.4 Å². The number of aromatic nitrogens is 2. The Morgan fingerprint density at radius 2 is 1.65 bits per heavy atom. The van der Waals surface area contributed by atoms with Gasteiger partial charge in [0.25, 0.3) is 0 Å². The molecular formula is C29H32FN5O2. The standard InChI is InChI=1S/C29H32FN5O2/c1-36-24-14-12-23(13-15-24)35-20-18-34(19-21-35)17-7-16-31-27(25-10-5-6-11-26(25)30)29-33-32-28(37-29)22-8-3-2-4-9-22/h2-6,8-15,27,31H,7,16-21H2,1H3. The second-order valence-corrected chi connectivity index (χ2v) is 9.10. The molecule has 5 rings (SSSR count). The van der Waals surface area contributed by atoms with Crippen LogP contribution in [0, 0.1) is 5.82 Å². The molecule has 2 heterocycles. The van der Waals surface area contributed by atoms with Gasteiger partial charge < -0.3 is 19.4 Å². The molecule has 0 spiro atoms. The molecule has 1 unspecified atom stereocenters. The highest BCUT2D eigenvalue weighted by Crippen LogP contribution is 2.27. The molecule has 1 aromatic heterocycles. The average molecular weight is 502 g/mol. The number of benzene rings is 3. The van der Waals surface area contributed by atoms with Gasteiger partial charge in [0.2, 0.25) is 11.8 Å². The van der Waals surface area contributed by atoms with E-state index in [1.807, 2.05) is 48.5 Å². The summed E-state index contributed by atoms with van der Waals surface area (Å²) in [4.78, 5) is 4.88. The Bertz CT molecular complexity index is 1260. The smallest absolute Gasteiger partial charge is 0.247 e. The van der Waals surface area contributed by atoms with Crippen LogP contribution in [-0.2, 0) is 0 Å². The molecule has 37 heavy (non-hydrogen) atoms. The van der Waals surface area contributed by atoms with Crippen molar-refractivity contribution >= 4 is 5.69 Å². The summed E-state index contributed by atoms with van der Waals surface area (Å²) in [7, 11) is 1.69. The number of hydrogen-bond acceptors (Lipinski definition) is 7. The molecule has 1 aliphatic rings. The van der Waals surface area contributed by atoms with Crippen molar-refractivity contribution in [3.63, 3.8) is 0 Å². The second-order valence-electron chi connectivity index (χ2n) is 9.10. The quantitative estimate of drug-likeness (QED) is 0.314. The monoisotopic (exact) mass is 501 g/mol. The molecule has 7 nitrogen and oxygen atoms in total. The van der Waals surface area contributed by atoms with Gasteiger partial charge in [-0.3, -0.25) is 4.90 Å². The van der Waals surface area contributed by atoms with Gasteiger partial charge in [0.15, 0.2) is 0 Å². The van der Waals surface area contributed by atoms with Crippen molar-refractivity contribution in [2.75, 3.05) is 51.3 Å². The fraction of sp³-hybridized carbons (Fsp3) is 0.310. The molecule has 0 saturated carbocycles. The van der Waals surface area contributed by atoms with E-state index in [2.05, 4.69) is 37.4 Å². The zero-order valence-electron chi connectivity index (χ0n) is 21.0. The Labute approximate surface area is 216 Å². The number of nitrogens with zero attached hydrogens (tertiary/aromatic N) is 4. The van der Waals surface area contributed by atoms with Crippen LogP contribution in [0.1, 0.15) is 23.9 Å². The van der Waals surface area contributed by atoms with Gasteiger partial charge in [-0.05, 0) is 62.0 Å². The highest BCUT2D eigenvalue weighted by molar-refractivity contribution is 5.52. The summed E-state index contributed by atoms with van der Waals surface area (Å²) >= 11 is 0. The maximum Gasteiger partial charge on any atom is 0.247 e. The van der Waals surface area contributed by atoms with E-state index in [1.54, 1.807) is 19.2 Å². The van der Waals surface area contributed by atoms with E-state index < -0.39 is 6.04 Å². The normalized spacial score (nSPS) is 15.0. The number of methoxy groups -OCH3 is 1. The van der Waals surface area contributed by atoms with Crippen molar-refractivity contribution in [3.8, 4) is 17.2 Å². The average Bonchev–Trinajstić information content (AvgIpc) is 3.45. The lowest BCUT2D eigenvalue weighted by atomic mass is 10.1. The van der Waals surface area contributed by atoms with Crippen LogP contribution in [0.4, 0.5) is 10.1 Å². The lowest BCUT2D eigenvalue weighted by Gasteiger charge is -2.36. The SMILES string of the molecule is COc1ccc(N2CCN(CCCNC(c3nnc(-c4ccccc4)o3)c3ccccc3F)CC2)cc1. The van der Waals surface area contributed by atoms with Crippen LogP contribution in [0.2, 0.25) is 0 Å². The van der Waals surface area contributed by atoms with Crippen molar-refractivity contribution in [2.24, 2.45) is 0 Å². The van der Waals surface area contributed by atoms with E-state index in [0.717, 1.165) is 50.5 Å². The topological polar surface area (TPSA) is 66.7 Å². The van der Waals surface area contributed by atoms with Crippen molar-refractivity contribution in [2.45, 2.75) is 12.5 Å². The highest BCUT2D eigenvalue weighted by Gasteiger charge is 2.24. The highest BCUT2D eigenvalue weighted by atomic mass is 19.1. The van der Waals surface area contributed by atoms with Crippen LogP contribution in [0.5, 0.6) is 5.75 Å². The fourth-order valence-electron chi connectivity index (χ4n) is 4.66. The molecule has 1 aliphatic heterocycles. The van der Waals surface area contributed by atoms with Gasteiger partial charge in [0.1, 0.15) is 17.6 Å². The van der Waals surface area contributed by atoms with Crippen molar-refractivity contribution in [1.82, 2.24) is 20.4 Å². The van der Waals surface area contributed by atoms with Crippen molar-refractivity contribution < 1.29 is 13.5 Å². The van der Waals surface area contributed by atoms with Crippen LogP contribution >= 0.6 is 0 Å². The molecule has 1 atom stereocenters. The number of hydrogen-bond donors (Lipinski definition) is 1. The number of piperazine rings is 1. The van der Waals surface area contributed by atoms with Crippen LogP contribution in [0.25, 0.3) is 11.5 Å². The van der Waals surface area contributed by atoms with Gasteiger partial charge in [-0.15, -0.1) is 10.2 Å². The predicted molar refractivity (Wildman–Crippen MR) is 142 cm³/mol. The minimum Gasteiger partial charge on any atom is -0.497 e. The first-order valence-corrected chi connectivity index (χ1v) is 12.7. The van der Waals surface area contributed by atoms with Crippen molar-refractivity contribution in [1.29, 1.82) is 0 Å². The minimum atomic E-state index is -0.516. The van der Waals surface area contributed by atoms with E-state index in [0.29, 0.717) is 23.9 Å².